The van der Waals surface area contributed by atoms with E-state index in [2.05, 4.69) is 31.3 Å². The van der Waals surface area contributed by atoms with E-state index in [1.807, 2.05) is 24.3 Å². The zero-order valence-corrected chi connectivity index (χ0v) is 11.4. The van der Waals surface area contributed by atoms with E-state index in [-0.39, 0.29) is 6.10 Å². The summed E-state index contributed by atoms with van der Waals surface area (Å²) in [6, 6.07) is 7.88. The van der Waals surface area contributed by atoms with Gasteiger partial charge in [0.15, 0.2) is 0 Å². The molecule has 1 fully saturated rings. The SMILES string of the molecule is Brc1ccc(-c2nnn(C[C@H]3CCCO3)n2)cc1. The number of rotatable bonds is 3. The highest BCUT2D eigenvalue weighted by Crippen LogP contribution is 2.18. The van der Waals surface area contributed by atoms with Gasteiger partial charge in [-0.25, -0.2) is 0 Å². The Morgan fingerprint density at radius 2 is 2.17 bits per heavy atom. The predicted octanol–water partition coefficient (Wildman–Crippen LogP) is 2.28. The van der Waals surface area contributed by atoms with Crippen molar-refractivity contribution < 1.29 is 4.74 Å². The zero-order chi connectivity index (χ0) is 12.4. The number of benzene rings is 1. The van der Waals surface area contributed by atoms with Crippen LogP contribution in [-0.2, 0) is 11.3 Å². The second-order valence-corrected chi connectivity index (χ2v) is 5.23. The van der Waals surface area contributed by atoms with Gasteiger partial charge in [-0.05, 0) is 42.3 Å². The molecule has 1 aromatic carbocycles. The van der Waals surface area contributed by atoms with Gasteiger partial charge in [-0.15, -0.1) is 10.2 Å². The third kappa shape index (κ3) is 2.59. The van der Waals surface area contributed by atoms with Gasteiger partial charge in [0.25, 0.3) is 0 Å². The van der Waals surface area contributed by atoms with Gasteiger partial charge in [0.05, 0.1) is 12.6 Å². The Hall–Kier alpha value is -1.27. The van der Waals surface area contributed by atoms with Crippen LogP contribution < -0.4 is 0 Å². The molecular weight excluding hydrogens is 296 g/mol. The molecule has 0 spiro atoms. The van der Waals surface area contributed by atoms with E-state index in [1.165, 1.54) is 0 Å². The largest absolute Gasteiger partial charge is 0.376 e. The molecule has 94 valence electrons. The van der Waals surface area contributed by atoms with E-state index in [0.717, 1.165) is 29.5 Å². The van der Waals surface area contributed by atoms with Crippen LogP contribution in [0.25, 0.3) is 11.4 Å². The van der Waals surface area contributed by atoms with Crippen molar-refractivity contribution in [3.05, 3.63) is 28.7 Å². The summed E-state index contributed by atoms with van der Waals surface area (Å²) < 4.78 is 6.59. The molecule has 6 heteroatoms. The average Bonchev–Trinajstić information content (AvgIpc) is 3.02. The van der Waals surface area contributed by atoms with Crippen LogP contribution in [0.15, 0.2) is 28.7 Å². The van der Waals surface area contributed by atoms with Crippen molar-refractivity contribution in [3.63, 3.8) is 0 Å². The Labute approximate surface area is 113 Å². The molecule has 0 amide bonds. The molecule has 18 heavy (non-hydrogen) atoms. The Morgan fingerprint density at radius 3 is 2.89 bits per heavy atom. The average molecular weight is 309 g/mol. The normalized spacial score (nSPS) is 19.3. The van der Waals surface area contributed by atoms with Gasteiger partial charge in [0, 0.05) is 16.6 Å². The van der Waals surface area contributed by atoms with Crippen molar-refractivity contribution in [2.45, 2.75) is 25.5 Å². The fourth-order valence-electron chi connectivity index (χ4n) is 2.01. The van der Waals surface area contributed by atoms with Crippen LogP contribution in [0, 0.1) is 0 Å². The van der Waals surface area contributed by atoms with Gasteiger partial charge in [0.1, 0.15) is 0 Å². The first-order chi connectivity index (χ1) is 8.81. The molecule has 1 aliphatic heterocycles. The molecule has 5 nitrogen and oxygen atoms in total. The number of tetrazole rings is 1. The van der Waals surface area contributed by atoms with E-state index in [0.29, 0.717) is 12.4 Å². The van der Waals surface area contributed by atoms with Crippen molar-refractivity contribution >= 4 is 15.9 Å². The smallest absolute Gasteiger partial charge is 0.204 e. The molecule has 2 aromatic rings. The Kier molecular flexibility index (Phi) is 3.38. The maximum atomic E-state index is 5.55. The second kappa shape index (κ2) is 5.16. The fraction of sp³-hybridized carbons (Fsp3) is 0.417. The lowest BCUT2D eigenvalue weighted by Gasteiger charge is -2.06. The van der Waals surface area contributed by atoms with Gasteiger partial charge in [-0.1, -0.05) is 15.9 Å². The predicted molar refractivity (Wildman–Crippen MR) is 69.9 cm³/mol. The summed E-state index contributed by atoms with van der Waals surface area (Å²) in [6.45, 7) is 1.53. The van der Waals surface area contributed by atoms with Crippen molar-refractivity contribution in [1.82, 2.24) is 20.2 Å². The lowest BCUT2D eigenvalue weighted by Crippen LogP contribution is -2.17. The van der Waals surface area contributed by atoms with Crippen LogP contribution in [-0.4, -0.2) is 32.9 Å². The van der Waals surface area contributed by atoms with Crippen molar-refractivity contribution in [2.75, 3.05) is 6.61 Å². The molecule has 2 heterocycles. The van der Waals surface area contributed by atoms with Crippen molar-refractivity contribution in [1.29, 1.82) is 0 Å². The van der Waals surface area contributed by atoms with Crippen LogP contribution in [0.5, 0.6) is 0 Å². The van der Waals surface area contributed by atoms with E-state index < -0.39 is 0 Å². The summed E-state index contributed by atoms with van der Waals surface area (Å²) in [5, 5.41) is 12.5. The Morgan fingerprint density at radius 1 is 1.33 bits per heavy atom. The van der Waals surface area contributed by atoms with Crippen LogP contribution in [0.3, 0.4) is 0 Å². The van der Waals surface area contributed by atoms with Gasteiger partial charge in [0.2, 0.25) is 5.82 Å². The van der Waals surface area contributed by atoms with E-state index >= 15 is 0 Å². The Bertz CT molecular complexity index is 519. The lowest BCUT2D eigenvalue weighted by molar-refractivity contribution is 0.0898. The quantitative estimate of drug-likeness (QED) is 0.873. The highest BCUT2D eigenvalue weighted by Gasteiger charge is 2.17. The molecule has 1 aliphatic rings. The summed E-state index contributed by atoms with van der Waals surface area (Å²) in [5.41, 5.74) is 0.969. The monoisotopic (exact) mass is 308 g/mol. The molecule has 0 unspecified atom stereocenters. The first-order valence-corrected chi connectivity index (χ1v) is 6.76. The molecule has 0 aliphatic carbocycles. The van der Waals surface area contributed by atoms with E-state index in [9.17, 15) is 0 Å². The van der Waals surface area contributed by atoms with E-state index in [1.54, 1.807) is 4.80 Å². The van der Waals surface area contributed by atoms with Gasteiger partial charge < -0.3 is 4.74 Å². The van der Waals surface area contributed by atoms with Gasteiger partial charge in [-0.3, -0.25) is 0 Å². The van der Waals surface area contributed by atoms with Crippen LogP contribution >= 0.6 is 15.9 Å². The summed E-state index contributed by atoms with van der Waals surface area (Å²) in [6.07, 6.45) is 2.44. The molecule has 3 rings (SSSR count). The molecule has 0 bridgehead atoms. The molecule has 0 N–H and O–H groups in total. The third-order valence-electron chi connectivity index (χ3n) is 2.95. The maximum absolute atomic E-state index is 5.55. The summed E-state index contributed by atoms with van der Waals surface area (Å²) in [4.78, 5) is 1.62. The minimum absolute atomic E-state index is 0.233. The number of hydrogen-bond acceptors (Lipinski definition) is 4. The van der Waals surface area contributed by atoms with Crippen LogP contribution in [0.1, 0.15) is 12.8 Å². The summed E-state index contributed by atoms with van der Waals surface area (Å²) in [5.74, 6) is 0.653. The standard InChI is InChI=1S/C12H13BrN4O/c13-10-5-3-9(4-6-10)12-14-16-17(15-12)8-11-2-1-7-18-11/h3-6,11H,1-2,7-8H2/t11-/m1/s1. The second-order valence-electron chi connectivity index (χ2n) is 4.31. The summed E-state index contributed by atoms with van der Waals surface area (Å²) in [7, 11) is 0. The topological polar surface area (TPSA) is 52.8 Å². The summed E-state index contributed by atoms with van der Waals surface area (Å²) >= 11 is 3.40. The highest BCUT2D eigenvalue weighted by molar-refractivity contribution is 9.10. The molecule has 0 saturated carbocycles. The number of ether oxygens (including phenoxy) is 1. The van der Waals surface area contributed by atoms with Gasteiger partial charge in [-0.2, -0.15) is 4.80 Å². The third-order valence-corrected chi connectivity index (χ3v) is 3.47. The highest BCUT2D eigenvalue weighted by atomic mass is 79.9. The maximum Gasteiger partial charge on any atom is 0.204 e. The van der Waals surface area contributed by atoms with Gasteiger partial charge >= 0.3 is 0 Å². The molecular formula is C12H13BrN4O. The molecule has 1 aromatic heterocycles. The molecule has 1 saturated heterocycles. The number of halogens is 1. The molecule has 1 atom stereocenters. The van der Waals surface area contributed by atoms with Crippen LogP contribution in [0.2, 0.25) is 0 Å². The first-order valence-electron chi connectivity index (χ1n) is 5.96. The minimum Gasteiger partial charge on any atom is -0.376 e. The van der Waals surface area contributed by atoms with Crippen LogP contribution in [0.4, 0.5) is 0 Å². The minimum atomic E-state index is 0.233. The zero-order valence-electron chi connectivity index (χ0n) is 9.79. The lowest BCUT2D eigenvalue weighted by atomic mass is 10.2. The van der Waals surface area contributed by atoms with Crippen molar-refractivity contribution in [3.8, 4) is 11.4 Å². The van der Waals surface area contributed by atoms with Crippen molar-refractivity contribution in [2.24, 2.45) is 0 Å². The Balaban J connectivity index is 1.74. The first kappa shape index (κ1) is 11.8. The fourth-order valence-corrected chi connectivity index (χ4v) is 2.27. The van der Waals surface area contributed by atoms with E-state index in [4.69, 9.17) is 4.74 Å². The number of nitrogens with zero attached hydrogens (tertiary/aromatic N) is 4. The number of aromatic nitrogens is 4. The molecule has 0 radical (unpaired) electrons. The number of hydrogen-bond donors (Lipinski definition) is 0.